The molecule has 11 heavy (non-hydrogen) atoms. The summed E-state index contributed by atoms with van der Waals surface area (Å²) in [6.45, 7) is 1.76. The van der Waals surface area contributed by atoms with Crippen molar-refractivity contribution in [2.75, 3.05) is 0 Å². The SMILES string of the molecule is C[C@H](O)Cc1cc(Br)nn1C. The maximum Gasteiger partial charge on any atom is 0.128 e. The molecule has 1 N–H and O–H groups in total. The Bertz CT molecular complexity index is 245. The standard InChI is InChI=1S/C7H11BrN2O/c1-5(11)3-6-4-7(8)9-10(6)2/h4-5,11H,3H2,1-2H3/t5-/m0/s1. The van der Waals surface area contributed by atoms with Crippen LogP contribution < -0.4 is 0 Å². The van der Waals surface area contributed by atoms with E-state index in [2.05, 4.69) is 21.0 Å². The van der Waals surface area contributed by atoms with Crippen LogP contribution in [0, 0.1) is 0 Å². The van der Waals surface area contributed by atoms with Gasteiger partial charge in [0.15, 0.2) is 0 Å². The molecular formula is C7H11BrN2O. The molecule has 62 valence electrons. The van der Waals surface area contributed by atoms with Gasteiger partial charge in [0.25, 0.3) is 0 Å². The first-order valence-electron chi connectivity index (χ1n) is 3.46. The van der Waals surface area contributed by atoms with Gasteiger partial charge in [0.2, 0.25) is 0 Å². The fourth-order valence-corrected chi connectivity index (χ4v) is 1.46. The summed E-state index contributed by atoms with van der Waals surface area (Å²) in [7, 11) is 1.86. The summed E-state index contributed by atoms with van der Waals surface area (Å²) in [5, 5.41) is 13.2. The van der Waals surface area contributed by atoms with Crippen LogP contribution in [0.4, 0.5) is 0 Å². The van der Waals surface area contributed by atoms with Gasteiger partial charge in [-0.05, 0) is 28.9 Å². The molecule has 0 spiro atoms. The van der Waals surface area contributed by atoms with Gasteiger partial charge in [0.1, 0.15) is 4.60 Å². The van der Waals surface area contributed by atoms with Crippen molar-refractivity contribution in [1.29, 1.82) is 0 Å². The van der Waals surface area contributed by atoms with Gasteiger partial charge in [-0.25, -0.2) is 0 Å². The number of nitrogens with zero attached hydrogens (tertiary/aromatic N) is 2. The lowest BCUT2D eigenvalue weighted by molar-refractivity contribution is 0.193. The summed E-state index contributed by atoms with van der Waals surface area (Å²) >= 11 is 3.26. The third kappa shape index (κ3) is 2.31. The zero-order valence-corrected chi connectivity index (χ0v) is 8.17. The lowest BCUT2D eigenvalue weighted by atomic mass is 10.2. The molecule has 1 rings (SSSR count). The first kappa shape index (κ1) is 8.74. The monoisotopic (exact) mass is 218 g/mol. The van der Waals surface area contributed by atoms with E-state index in [1.54, 1.807) is 11.6 Å². The first-order chi connectivity index (χ1) is 5.09. The molecule has 0 saturated carbocycles. The number of hydrogen-bond acceptors (Lipinski definition) is 2. The number of rotatable bonds is 2. The normalized spacial score (nSPS) is 13.5. The van der Waals surface area contributed by atoms with E-state index in [1.165, 1.54) is 0 Å². The predicted molar refractivity (Wildman–Crippen MR) is 46.3 cm³/mol. The molecular weight excluding hydrogens is 208 g/mol. The smallest absolute Gasteiger partial charge is 0.128 e. The van der Waals surface area contributed by atoms with Crippen LogP contribution in [-0.4, -0.2) is 21.0 Å². The number of aliphatic hydroxyl groups is 1. The number of aliphatic hydroxyl groups excluding tert-OH is 1. The average molecular weight is 219 g/mol. The molecule has 4 heteroatoms. The molecule has 0 amide bonds. The third-order valence-electron chi connectivity index (χ3n) is 1.45. The summed E-state index contributed by atoms with van der Waals surface area (Å²) in [4.78, 5) is 0. The van der Waals surface area contributed by atoms with Crippen LogP contribution in [0.3, 0.4) is 0 Å². The maximum atomic E-state index is 9.08. The van der Waals surface area contributed by atoms with Crippen LogP contribution in [0.1, 0.15) is 12.6 Å². The molecule has 0 aliphatic heterocycles. The van der Waals surface area contributed by atoms with Crippen molar-refractivity contribution in [2.45, 2.75) is 19.4 Å². The summed E-state index contributed by atoms with van der Waals surface area (Å²) in [5.41, 5.74) is 1.03. The molecule has 0 aromatic carbocycles. The van der Waals surface area contributed by atoms with E-state index >= 15 is 0 Å². The van der Waals surface area contributed by atoms with Gasteiger partial charge < -0.3 is 5.11 Å². The number of halogens is 1. The molecule has 1 aromatic rings. The highest BCUT2D eigenvalue weighted by Gasteiger charge is 2.05. The van der Waals surface area contributed by atoms with E-state index in [4.69, 9.17) is 5.11 Å². The molecule has 0 aliphatic rings. The van der Waals surface area contributed by atoms with Gasteiger partial charge in [-0.15, -0.1) is 0 Å². The van der Waals surface area contributed by atoms with E-state index < -0.39 is 0 Å². The highest BCUT2D eigenvalue weighted by molar-refractivity contribution is 9.10. The second-order valence-corrected chi connectivity index (χ2v) is 3.45. The molecule has 1 aromatic heterocycles. The van der Waals surface area contributed by atoms with E-state index in [-0.39, 0.29) is 6.10 Å². The molecule has 0 bridgehead atoms. The fourth-order valence-electron chi connectivity index (χ4n) is 0.961. The summed E-state index contributed by atoms with van der Waals surface area (Å²) in [5.74, 6) is 0. The van der Waals surface area contributed by atoms with Crippen LogP contribution in [0.25, 0.3) is 0 Å². The topological polar surface area (TPSA) is 38.1 Å². The highest BCUT2D eigenvalue weighted by Crippen LogP contribution is 2.10. The van der Waals surface area contributed by atoms with Crippen LogP contribution in [0.2, 0.25) is 0 Å². The molecule has 0 saturated heterocycles. The van der Waals surface area contributed by atoms with Crippen molar-refractivity contribution < 1.29 is 5.11 Å². The van der Waals surface area contributed by atoms with Gasteiger partial charge in [-0.3, -0.25) is 4.68 Å². The van der Waals surface area contributed by atoms with E-state index in [9.17, 15) is 0 Å². The predicted octanol–water partition coefficient (Wildman–Crippen LogP) is 1.11. The maximum absolute atomic E-state index is 9.08. The second kappa shape index (κ2) is 3.36. The fraction of sp³-hybridized carbons (Fsp3) is 0.571. The quantitative estimate of drug-likeness (QED) is 0.808. The van der Waals surface area contributed by atoms with Gasteiger partial charge >= 0.3 is 0 Å². The van der Waals surface area contributed by atoms with Crippen molar-refractivity contribution in [3.8, 4) is 0 Å². The number of aryl methyl sites for hydroxylation is 1. The van der Waals surface area contributed by atoms with Gasteiger partial charge in [-0.2, -0.15) is 5.10 Å². The summed E-state index contributed by atoms with van der Waals surface area (Å²) in [6, 6.07) is 1.91. The molecule has 0 fully saturated rings. The number of aromatic nitrogens is 2. The molecule has 1 heterocycles. The lowest BCUT2D eigenvalue weighted by Gasteiger charge is -2.02. The Morgan fingerprint density at radius 3 is 2.82 bits per heavy atom. The largest absolute Gasteiger partial charge is 0.393 e. The van der Waals surface area contributed by atoms with Crippen LogP contribution in [0.15, 0.2) is 10.7 Å². The first-order valence-corrected chi connectivity index (χ1v) is 4.25. The Morgan fingerprint density at radius 1 is 1.82 bits per heavy atom. The summed E-state index contributed by atoms with van der Waals surface area (Å²) in [6.07, 6.45) is 0.340. The Balaban J connectivity index is 2.77. The van der Waals surface area contributed by atoms with E-state index in [1.807, 2.05) is 13.1 Å². The van der Waals surface area contributed by atoms with Crippen molar-refractivity contribution in [3.63, 3.8) is 0 Å². The minimum atomic E-state index is -0.308. The Hall–Kier alpha value is -0.350. The van der Waals surface area contributed by atoms with Crippen molar-refractivity contribution >= 4 is 15.9 Å². The number of hydrogen-bond donors (Lipinski definition) is 1. The van der Waals surface area contributed by atoms with Crippen LogP contribution >= 0.6 is 15.9 Å². The van der Waals surface area contributed by atoms with Crippen LogP contribution in [-0.2, 0) is 13.5 Å². The molecule has 0 unspecified atom stereocenters. The average Bonchev–Trinajstić information content (AvgIpc) is 2.09. The molecule has 3 nitrogen and oxygen atoms in total. The van der Waals surface area contributed by atoms with Gasteiger partial charge in [0.05, 0.1) is 6.10 Å². The van der Waals surface area contributed by atoms with Crippen molar-refractivity contribution in [2.24, 2.45) is 7.05 Å². The minimum Gasteiger partial charge on any atom is -0.393 e. The molecule has 0 radical (unpaired) electrons. The van der Waals surface area contributed by atoms with Gasteiger partial charge in [-0.1, -0.05) is 0 Å². The third-order valence-corrected chi connectivity index (χ3v) is 1.84. The van der Waals surface area contributed by atoms with E-state index in [0.29, 0.717) is 6.42 Å². The lowest BCUT2D eigenvalue weighted by Crippen LogP contribution is -2.08. The molecule has 0 aliphatic carbocycles. The minimum absolute atomic E-state index is 0.308. The zero-order chi connectivity index (χ0) is 8.43. The Morgan fingerprint density at radius 2 is 2.45 bits per heavy atom. The van der Waals surface area contributed by atoms with Crippen molar-refractivity contribution in [3.05, 3.63) is 16.4 Å². The Labute approximate surface area is 74.2 Å². The second-order valence-electron chi connectivity index (χ2n) is 2.64. The van der Waals surface area contributed by atoms with Crippen molar-refractivity contribution in [1.82, 2.24) is 9.78 Å². The zero-order valence-electron chi connectivity index (χ0n) is 6.58. The van der Waals surface area contributed by atoms with Crippen LogP contribution in [0.5, 0.6) is 0 Å². The molecule has 1 atom stereocenters. The Kier molecular flexibility index (Phi) is 2.67. The van der Waals surface area contributed by atoms with E-state index in [0.717, 1.165) is 10.3 Å². The van der Waals surface area contributed by atoms with Gasteiger partial charge in [0, 0.05) is 19.2 Å². The highest BCUT2D eigenvalue weighted by atomic mass is 79.9. The summed E-state index contributed by atoms with van der Waals surface area (Å²) < 4.78 is 2.58.